The summed E-state index contributed by atoms with van der Waals surface area (Å²) in [6.45, 7) is 5.52. The van der Waals surface area contributed by atoms with Crippen LogP contribution in [0.15, 0.2) is 53.6 Å². The van der Waals surface area contributed by atoms with Gasteiger partial charge in [0.05, 0.1) is 17.6 Å². The Morgan fingerprint density at radius 3 is 2.37 bits per heavy atom. The van der Waals surface area contributed by atoms with Crippen molar-refractivity contribution < 1.29 is 8.76 Å². The van der Waals surface area contributed by atoms with Gasteiger partial charge in [0.2, 0.25) is 4.90 Å². The molecule has 1 saturated heterocycles. The van der Waals surface area contributed by atoms with E-state index < -0.39 is 10.4 Å². The van der Waals surface area contributed by atoms with Crippen LogP contribution in [0.3, 0.4) is 0 Å². The highest BCUT2D eigenvalue weighted by Crippen LogP contribution is 2.30. The molecule has 4 rings (SSSR count). The number of aryl methyl sites for hydroxylation is 2. The highest BCUT2D eigenvalue weighted by atomic mass is 32.3. The minimum atomic E-state index is -3.47. The van der Waals surface area contributed by atoms with Crippen molar-refractivity contribution >= 4 is 21.9 Å². The number of hydrogen-bond donors (Lipinski definition) is 2. The molecular weight excluding hydrogens is 398 g/mol. The molecule has 3 aromatic rings. The van der Waals surface area contributed by atoms with Gasteiger partial charge in [-0.2, -0.15) is 14.4 Å². The van der Waals surface area contributed by atoms with Gasteiger partial charge in [-0.05, 0) is 48.4 Å². The molecule has 30 heavy (non-hydrogen) atoms. The lowest BCUT2D eigenvalue weighted by Crippen LogP contribution is -2.33. The number of anilines is 2. The maximum absolute atomic E-state index is 12.9. The molecule has 0 spiro atoms. The van der Waals surface area contributed by atoms with Crippen LogP contribution in [0.4, 0.5) is 11.5 Å². The second-order valence-corrected chi connectivity index (χ2v) is 9.55. The molecule has 3 heterocycles. The topological polar surface area (TPSA) is 83.3 Å². The molecule has 1 aliphatic rings. The van der Waals surface area contributed by atoms with Crippen LogP contribution in [0, 0.1) is 13.8 Å². The predicted molar refractivity (Wildman–Crippen MR) is 120 cm³/mol. The first kappa shape index (κ1) is 20.6. The Hall–Kier alpha value is -2.71. The zero-order valence-corrected chi connectivity index (χ0v) is 18.4. The van der Waals surface area contributed by atoms with Gasteiger partial charge in [0.1, 0.15) is 11.5 Å². The maximum Gasteiger partial charge on any atom is 0.347 e. The van der Waals surface area contributed by atoms with Gasteiger partial charge >= 0.3 is 10.4 Å². The maximum atomic E-state index is 12.9. The number of nitrogens with one attached hydrogen (secondary N) is 1. The Balaban J connectivity index is 1.43. The number of rotatable bonds is 5. The molecule has 2 N–H and O–H groups in total. The minimum Gasteiger partial charge on any atom is -0.357 e. The standard InChI is InChI=1S/C22H27N5O2S/c1-16-22(17(2)26(3)24-16)25-30(28,29)20-9-10-21(23-15-20)27-13-11-19(12-14-27)18-7-5-4-6-8-18/h4-10,15,19H,11-14H2,1-3H3,(H-,25,28,29)/p+1. The van der Waals surface area contributed by atoms with Crippen molar-refractivity contribution in [3.05, 3.63) is 65.6 Å². The number of nitrogens with zero attached hydrogens (tertiary/aromatic N) is 4. The van der Waals surface area contributed by atoms with E-state index >= 15 is 0 Å². The summed E-state index contributed by atoms with van der Waals surface area (Å²) in [7, 11) is -1.66. The first-order valence-electron chi connectivity index (χ1n) is 10.2. The number of hydrogen-bond acceptors (Lipinski definition) is 4. The van der Waals surface area contributed by atoms with Crippen molar-refractivity contribution in [2.75, 3.05) is 22.7 Å². The van der Waals surface area contributed by atoms with E-state index in [0.717, 1.165) is 37.4 Å². The van der Waals surface area contributed by atoms with Gasteiger partial charge < -0.3 is 4.90 Å². The quantitative estimate of drug-likeness (QED) is 0.598. The van der Waals surface area contributed by atoms with Gasteiger partial charge in [0, 0.05) is 26.2 Å². The average molecular weight is 427 g/mol. The fourth-order valence-corrected chi connectivity index (χ4v) is 5.15. The third-order valence-corrected chi connectivity index (χ3v) is 7.24. The summed E-state index contributed by atoms with van der Waals surface area (Å²) in [5, 5.41) is 4.29. The second-order valence-electron chi connectivity index (χ2n) is 7.82. The fourth-order valence-electron chi connectivity index (χ4n) is 4.01. The van der Waals surface area contributed by atoms with E-state index in [-0.39, 0.29) is 4.90 Å². The van der Waals surface area contributed by atoms with Crippen LogP contribution in [0.2, 0.25) is 0 Å². The van der Waals surface area contributed by atoms with Crippen molar-refractivity contribution in [3.63, 3.8) is 0 Å². The molecule has 0 saturated carbocycles. The van der Waals surface area contributed by atoms with Crippen LogP contribution in [0.25, 0.3) is 0 Å². The molecule has 0 aliphatic carbocycles. The van der Waals surface area contributed by atoms with Crippen LogP contribution in [0.1, 0.15) is 35.7 Å². The van der Waals surface area contributed by atoms with E-state index in [4.69, 9.17) is 0 Å². The second kappa shape index (κ2) is 8.20. The first-order chi connectivity index (χ1) is 14.3. The minimum absolute atomic E-state index is 0.257. The van der Waals surface area contributed by atoms with Gasteiger partial charge in [0.15, 0.2) is 0 Å². The van der Waals surface area contributed by atoms with Crippen molar-refractivity contribution in [2.24, 2.45) is 7.05 Å². The third-order valence-electron chi connectivity index (χ3n) is 5.88. The van der Waals surface area contributed by atoms with E-state index in [1.54, 1.807) is 10.7 Å². The average Bonchev–Trinajstić information content (AvgIpc) is 3.00. The van der Waals surface area contributed by atoms with Crippen LogP contribution < -0.4 is 9.62 Å². The molecule has 1 fully saturated rings. The zero-order chi connectivity index (χ0) is 21.3. The molecule has 8 heteroatoms. The number of benzene rings is 1. The molecular formula is C22H28N5O2S+. The molecule has 1 unspecified atom stereocenters. The molecule has 0 radical (unpaired) electrons. The molecule has 0 bridgehead atoms. The molecule has 1 aromatic carbocycles. The zero-order valence-electron chi connectivity index (χ0n) is 17.6. The molecule has 158 valence electrons. The summed E-state index contributed by atoms with van der Waals surface area (Å²) in [5.74, 6) is 1.42. The van der Waals surface area contributed by atoms with Crippen LogP contribution in [0.5, 0.6) is 0 Å². The summed E-state index contributed by atoms with van der Waals surface area (Å²) in [6.07, 6.45) is 3.64. The van der Waals surface area contributed by atoms with E-state index in [0.29, 0.717) is 17.3 Å². The molecule has 2 aromatic heterocycles. The summed E-state index contributed by atoms with van der Waals surface area (Å²) in [4.78, 5) is 6.98. The van der Waals surface area contributed by atoms with Crippen LogP contribution in [-0.4, -0.2) is 32.4 Å². The molecule has 1 aliphatic heterocycles. The molecule has 1 atom stereocenters. The third kappa shape index (κ3) is 4.11. The summed E-state index contributed by atoms with van der Waals surface area (Å²) in [5.41, 5.74) is 3.47. The highest BCUT2D eigenvalue weighted by molar-refractivity contribution is 7.99. The van der Waals surface area contributed by atoms with E-state index in [1.807, 2.05) is 27.0 Å². The Morgan fingerprint density at radius 1 is 1.10 bits per heavy atom. The van der Waals surface area contributed by atoms with Crippen LogP contribution in [-0.2, 0) is 21.7 Å². The molecule has 0 amide bonds. The Bertz CT molecular complexity index is 1060. The van der Waals surface area contributed by atoms with Crippen molar-refractivity contribution in [2.45, 2.75) is 37.5 Å². The number of pyridine rings is 1. The summed E-state index contributed by atoms with van der Waals surface area (Å²) < 4.78 is 27.9. The number of aromatic nitrogens is 3. The van der Waals surface area contributed by atoms with Gasteiger partial charge in [-0.3, -0.25) is 4.68 Å². The van der Waals surface area contributed by atoms with Gasteiger partial charge in [-0.25, -0.2) is 4.98 Å². The monoisotopic (exact) mass is 426 g/mol. The first-order valence-corrected chi connectivity index (χ1v) is 11.7. The van der Waals surface area contributed by atoms with Gasteiger partial charge in [-0.1, -0.05) is 30.3 Å². The Kier molecular flexibility index (Phi) is 5.62. The largest absolute Gasteiger partial charge is 0.357 e. The SMILES string of the molecule is Cc1nn(C)c(C)c1N[S+](=O)(O)c1ccc(N2CCC(c3ccccc3)CC2)nc1. The van der Waals surface area contributed by atoms with Crippen molar-refractivity contribution in [3.8, 4) is 0 Å². The van der Waals surface area contributed by atoms with Crippen LogP contribution >= 0.6 is 0 Å². The van der Waals surface area contributed by atoms with E-state index in [1.165, 1.54) is 11.8 Å². The lowest BCUT2D eigenvalue weighted by atomic mass is 9.89. The van der Waals surface area contributed by atoms with Gasteiger partial charge in [0.25, 0.3) is 0 Å². The Morgan fingerprint density at radius 2 is 1.80 bits per heavy atom. The van der Waals surface area contributed by atoms with Crippen molar-refractivity contribution in [1.29, 1.82) is 0 Å². The van der Waals surface area contributed by atoms with E-state index in [9.17, 15) is 8.76 Å². The lowest BCUT2D eigenvalue weighted by Gasteiger charge is -2.33. The normalized spacial score (nSPS) is 17.0. The fraction of sp³-hybridized carbons (Fsp3) is 0.364. The predicted octanol–water partition coefficient (Wildman–Crippen LogP) is 4.17. The van der Waals surface area contributed by atoms with Crippen molar-refractivity contribution in [1.82, 2.24) is 14.8 Å². The van der Waals surface area contributed by atoms with Gasteiger partial charge in [-0.15, -0.1) is 0 Å². The molecule has 7 nitrogen and oxygen atoms in total. The summed E-state index contributed by atoms with van der Waals surface area (Å²) in [6, 6.07) is 14.2. The number of piperidine rings is 1. The smallest absolute Gasteiger partial charge is 0.347 e. The lowest BCUT2D eigenvalue weighted by molar-refractivity contribution is 0.499. The Labute approximate surface area is 178 Å². The summed E-state index contributed by atoms with van der Waals surface area (Å²) >= 11 is 0. The highest BCUT2D eigenvalue weighted by Gasteiger charge is 2.33. The van der Waals surface area contributed by atoms with E-state index in [2.05, 4.69) is 50.0 Å².